The van der Waals surface area contributed by atoms with E-state index < -0.39 is 0 Å². The fourth-order valence-corrected chi connectivity index (χ4v) is 4.20. The van der Waals surface area contributed by atoms with E-state index in [4.69, 9.17) is 4.42 Å². The summed E-state index contributed by atoms with van der Waals surface area (Å²) in [6, 6.07) is 17.0. The van der Waals surface area contributed by atoms with Crippen LogP contribution in [0.5, 0.6) is 0 Å². The minimum Gasteiger partial charge on any atom is -0.441 e. The number of aromatic nitrogens is 1. The summed E-state index contributed by atoms with van der Waals surface area (Å²) in [5.74, 6) is 1.17. The molecule has 0 radical (unpaired) electrons. The van der Waals surface area contributed by atoms with Crippen LogP contribution >= 0.6 is 0 Å². The van der Waals surface area contributed by atoms with E-state index in [-0.39, 0.29) is 24.2 Å². The largest absolute Gasteiger partial charge is 0.441 e. The first-order valence-electron chi connectivity index (χ1n) is 11.4. The van der Waals surface area contributed by atoms with Crippen molar-refractivity contribution in [1.82, 2.24) is 15.2 Å². The molecule has 0 spiro atoms. The van der Waals surface area contributed by atoms with Crippen molar-refractivity contribution in [2.75, 3.05) is 19.6 Å². The normalized spacial score (nSPS) is 16.1. The third-order valence-electron chi connectivity index (χ3n) is 6.19. The molecule has 5 nitrogen and oxygen atoms in total. The predicted octanol–water partition coefficient (Wildman–Crippen LogP) is 5.00. The monoisotopic (exact) mass is 435 g/mol. The van der Waals surface area contributed by atoms with Crippen LogP contribution in [0, 0.1) is 11.7 Å². The number of piperidine rings is 1. The molecule has 1 saturated heterocycles. The standard InChI is InChI=1S/C26H30FN3O2/c1-19-13-15-30(16-14-19)23(20-7-3-2-4-8-20)17-28-25(31)11-12-26-29-18-24(32-26)21-9-5-6-10-22(21)27/h2-10,18-19,23H,11-17H2,1H3,(H,28,31). The molecule has 3 aromatic rings. The Hall–Kier alpha value is -2.99. The molecule has 0 aliphatic carbocycles. The van der Waals surface area contributed by atoms with Crippen LogP contribution in [0.2, 0.25) is 0 Å². The maximum Gasteiger partial charge on any atom is 0.220 e. The highest BCUT2D eigenvalue weighted by Crippen LogP contribution is 2.27. The van der Waals surface area contributed by atoms with Gasteiger partial charge in [-0.1, -0.05) is 49.4 Å². The van der Waals surface area contributed by atoms with Gasteiger partial charge in [-0.05, 0) is 49.5 Å². The predicted molar refractivity (Wildman–Crippen MR) is 122 cm³/mol. The van der Waals surface area contributed by atoms with Gasteiger partial charge in [0.1, 0.15) is 5.82 Å². The van der Waals surface area contributed by atoms with Crippen LogP contribution in [-0.4, -0.2) is 35.4 Å². The number of amides is 1. The second-order valence-corrected chi connectivity index (χ2v) is 8.55. The van der Waals surface area contributed by atoms with Gasteiger partial charge in [-0.2, -0.15) is 0 Å². The topological polar surface area (TPSA) is 58.4 Å². The summed E-state index contributed by atoms with van der Waals surface area (Å²) in [4.78, 5) is 19.2. The van der Waals surface area contributed by atoms with Gasteiger partial charge < -0.3 is 9.73 Å². The molecule has 32 heavy (non-hydrogen) atoms. The van der Waals surface area contributed by atoms with Gasteiger partial charge in [0.2, 0.25) is 5.91 Å². The highest BCUT2D eigenvalue weighted by Gasteiger charge is 2.25. The fraction of sp³-hybridized carbons (Fsp3) is 0.385. The van der Waals surface area contributed by atoms with E-state index >= 15 is 0 Å². The van der Waals surface area contributed by atoms with Gasteiger partial charge in [0.05, 0.1) is 17.8 Å². The van der Waals surface area contributed by atoms with E-state index in [1.165, 1.54) is 30.7 Å². The lowest BCUT2D eigenvalue weighted by Gasteiger charge is -2.37. The van der Waals surface area contributed by atoms with E-state index in [0.717, 1.165) is 19.0 Å². The van der Waals surface area contributed by atoms with Gasteiger partial charge in [-0.25, -0.2) is 9.37 Å². The first kappa shape index (κ1) is 22.2. The summed E-state index contributed by atoms with van der Waals surface area (Å²) in [6.07, 6.45) is 4.53. The maximum absolute atomic E-state index is 13.9. The number of carbonyl (C=O) groups is 1. The number of oxazole rings is 1. The zero-order chi connectivity index (χ0) is 22.3. The van der Waals surface area contributed by atoms with E-state index in [9.17, 15) is 9.18 Å². The summed E-state index contributed by atoms with van der Waals surface area (Å²) >= 11 is 0. The molecular formula is C26H30FN3O2. The van der Waals surface area contributed by atoms with Crippen LogP contribution in [0.3, 0.4) is 0 Å². The molecule has 1 fully saturated rings. The molecule has 1 amide bonds. The molecule has 6 heteroatoms. The number of nitrogens with one attached hydrogen (secondary N) is 1. The molecular weight excluding hydrogens is 405 g/mol. The van der Waals surface area contributed by atoms with Crippen molar-refractivity contribution in [3.63, 3.8) is 0 Å². The van der Waals surface area contributed by atoms with Crippen LogP contribution in [0.15, 0.2) is 65.2 Å². The summed E-state index contributed by atoms with van der Waals surface area (Å²) in [7, 11) is 0. The average molecular weight is 436 g/mol. The number of carbonyl (C=O) groups excluding carboxylic acids is 1. The zero-order valence-corrected chi connectivity index (χ0v) is 18.5. The van der Waals surface area contributed by atoms with Crippen molar-refractivity contribution in [3.8, 4) is 11.3 Å². The number of benzene rings is 2. The number of halogens is 1. The number of likely N-dealkylation sites (tertiary alicyclic amines) is 1. The van der Waals surface area contributed by atoms with Crippen molar-refractivity contribution in [1.29, 1.82) is 0 Å². The average Bonchev–Trinajstić information content (AvgIpc) is 3.29. The molecule has 1 aliphatic rings. The van der Waals surface area contributed by atoms with Crippen LogP contribution in [-0.2, 0) is 11.2 Å². The Morgan fingerprint density at radius 2 is 1.88 bits per heavy atom. The molecule has 1 aromatic heterocycles. The molecule has 2 aromatic carbocycles. The maximum atomic E-state index is 13.9. The molecule has 1 unspecified atom stereocenters. The number of nitrogens with zero attached hydrogens (tertiary/aromatic N) is 2. The van der Waals surface area contributed by atoms with Crippen molar-refractivity contribution in [3.05, 3.63) is 78.1 Å². The minimum atomic E-state index is -0.355. The second-order valence-electron chi connectivity index (χ2n) is 8.55. The second kappa shape index (κ2) is 10.6. The Labute approximate surface area is 188 Å². The van der Waals surface area contributed by atoms with Crippen LogP contribution in [0.25, 0.3) is 11.3 Å². The van der Waals surface area contributed by atoms with Gasteiger partial charge >= 0.3 is 0 Å². The van der Waals surface area contributed by atoms with Crippen LogP contribution in [0.4, 0.5) is 4.39 Å². The number of hydrogen-bond acceptors (Lipinski definition) is 4. The molecule has 0 bridgehead atoms. The molecule has 4 rings (SSSR count). The van der Waals surface area contributed by atoms with E-state index in [0.29, 0.717) is 30.2 Å². The van der Waals surface area contributed by atoms with Crippen molar-refractivity contribution in [2.45, 2.75) is 38.6 Å². The Morgan fingerprint density at radius 1 is 1.16 bits per heavy atom. The van der Waals surface area contributed by atoms with E-state index in [1.807, 2.05) is 18.2 Å². The Balaban J connectivity index is 1.32. The van der Waals surface area contributed by atoms with Gasteiger partial charge in [-0.3, -0.25) is 9.69 Å². The first-order valence-corrected chi connectivity index (χ1v) is 11.4. The third kappa shape index (κ3) is 5.62. The highest BCUT2D eigenvalue weighted by molar-refractivity contribution is 5.76. The summed E-state index contributed by atoms with van der Waals surface area (Å²) in [6.45, 7) is 4.97. The molecule has 2 heterocycles. The molecule has 1 N–H and O–H groups in total. The quantitative estimate of drug-likeness (QED) is 0.541. The lowest BCUT2D eigenvalue weighted by atomic mass is 9.95. The smallest absolute Gasteiger partial charge is 0.220 e. The highest BCUT2D eigenvalue weighted by atomic mass is 19.1. The summed E-state index contributed by atoms with van der Waals surface area (Å²) in [5, 5.41) is 3.10. The van der Waals surface area contributed by atoms with Crippen LogP contribution in [0.1, 0.15) is 43.7 Å². The Morgan fingerprint density at radius 3 is 2.62 bits per heavy atom. The summed E-state index contributed by atoms with van der Waals surface area (Å²) < 4.78 is 19.6. The molecule has 1 atom stereocenters. The SMILES string of the molecule is CC1CCN(C(CNC(=O)CCc2ncc(-c3ccccc3F)o2)c2ccccc2)CC1. The molecule has 1 aliphatic heterocycles. The number of hydrogen-bond donors (Lipinski definition) is 1. The van der Waals surface area contributed by atoms with Gasteiger partial charge in [-0.15, -0.1) is 0 Å². The Bertz CT molecular complexity index is 1010. The Kier molecular flexibility index (Phi) is 7.32. The third-order valence-corrected chi connectivity index (χ3v) is 6.19. The van der Waals surface area contributed by atoms with E-state index in [1.54, 1.807) is 18.2 Å². The molecule has 0 saturated carbocycles. The number of rotatable bonds is 8. The van der Waals surface area contributed by atoms with Crippen molar-refractivity contribution < 1.29 is 13.6 Å². The van der Waals surface area contributed by atoms with Gasteiger partial charge in [0.25, 0.3) is 0 Å². The lowest BCUT2D eigenvalue weighted by molar-refractivity contribution is -0.121. The summed E-state index contributed by atoms with van der Waals surface area (Å²) in [5.41, 5.74) is 1.60. The van der Waals surface area contributed by atoms with Crippen molar-refractivity contribution in [2.24, 2.45) is 5.92 Å². The lowest BCUT2D eigenvalue weighted by Crippen LogP contribution is -2.42. The first-order chi connectivity index (χ1) is 15.6. The number of aryl methyl sites for hydroxylation is 1. The van der Waals surface area contributed by atoms with Crippen LogP contribution < -0.4 is 5.32 Å². The minimum absolute atomic E-state index is 0.0399. The van der Waals surface area contributed by atoms with Gasteiger partial charge in [0, 0.05) is 19.4 Å². The fourth-order valence-electron chi connectivity index (χ4n) is 4.20. The van der Waals surface area contributed by atoms with E-state index in [2.05, 4.69) is 34.3 Å². The zero-order valence-electron chi connectivity index (χ0n) is 18.5. The van der Waals surface area contributed by atoms with Gasteiger partial charge in [0.15, 0.2) is 11.7 Å². The van der Waals surface area contributed by atoms with Crippen molar-refractivity contribution >= 4 is 5.91 Å². The molecule has 168 valence electrons.